The number of carbonyl (C=O) groups excluding carboxylic acids is 1. The molecular formula is C25H28N4O2. The Balaban J connectivity index is 1.47. The number of fused-ring (bicyclic) bond motifs is 1. The molecule has 1 aliphatic heterocycles. The van der Waals surface area contributed by atoms with Gasteiger partial charge in [-0.3, -0.25) is 9.78 Å². The first-order chi connectivity index (χ1) is 15.2. The first-order valence-corrected chi connectivity index (χ1v) is 11.1. The summed E-state index contributed by atoms with van der Waals surface area (Å²) in [5.41, 5.74) is 6.15. The molecule has 0 radical (unpaired) electrons. The highest BCUT2D eigenvalue weighted by Gasteiger charge is 2.26. The molecule has 1 aromatic carbocycles. The van der Waals surface area contributed by atoms with E-state index in [0.29, 0.717) is 12.3 Å². The summed E-state index contributed by atoms with van der Waals surface area (Å²) in [7, 11) is 1.76. The van der Waals surface area contributed by atoms with Gasteiger partial charge in [0, 0.05) is 55.1 Å². The SMILES string of the molecule is COCCN1CCC(c2nc(-c3ccc4c(c3)CCC4=O)c(-c3ccncc3)[nH]2)CC1. The van der Waals surface area contributed by atoms with E-state index < -0.39 is 0 Å². The Hall–Kier alpha value is -2.83. The Kier molecular flexibility index (Phi) is 5.66. The molecule has 0 bridgehead atoms. The number of aromatic amines is 1. The lowest BCUT2D eigenvalue weighted by Gasteiger charge is -2.30. The number of likely N-dealkylation sites (tertiary alicyclic amines) is 1. The number of nitrogens with zero attached hydrogens (tertiary/aromatic N) is 3. The van der Waals surface area contributed by atoms with Crippen LogP contribution in [0.4, 0.5) is 0 Å². The van der Waals surface area contributed by atoms with Crippen LogP contribution in [0.15, 0.2) is 42.7 Å². The van der Waals surface area contributed by atoms with Crippen molar-refractivity contribution >= 4 is 5.78 Å². The highest BCUT2D eigenvalue weighted by Crippen LogP contribution is 2.36. The fourth-order valence-electron chi connectivity index (χ4n) is 4.77. The summed E-state index contributed by atoms with van der Waals surface area (Å²) in [6, 6.07) is 10.2. The summed E-state index contributed by atoms with van der Waals surface area (Å²) in [6.07, 6.45) is 7.24. The molecule has 0 unspecified atom stereocenters. The van der Waals surface area contributed by atoms with E-state index in [9.17, 15) is 4.79 Å². The van der Waals surface area contributed by atoms with Gasteiger partial charge in [-0.2, -0.15) is 0 Å². The zero-order chi connectivity index (χ0) is 21.2. The predicted octanol–water partition coefficient (Wildman–Crippen LogP) is 4.09. The Morgan fingerprint density at radius 2 is 1.90 bits per heavy atom. The summed E-state index contributed by atoms with van der Waals surface area (Å²) in [4.78, 5) is 27.5. The number of H-pyrrole nitrogens is 1. The van der Waals surface area contributed by atoms with Gasteiger partial charge in [0.25, 0.3) is 0 Å². The van der Waals surface area contributed by atoms with Crippen molar-refractivity contribution in [1.29, 1.82) is 0 Å². The molecule has 0 amide bonds. The van der Waals surface area contributed by atoms with Gasteiger partial charge < -0.3 is 14.6 Å². The molecule has 3 heterocycles. The third-order valence-electron chi connectivity index (χ3n) is 6.58. The number of ether oxygens (including phenoxy) is 1. The number of carbonyl (C=O) groups is 1. The second kappa shape index (κ2) is 8.73. The molecule has 3 aromatic rings. The number of aryl methyl sites for hydroxylation is 1. The molecule has 1 N–H and O–H groups in total. The number of pyridine rings is 1. The number of Topliss-reactive ketones (excluding diaryl/α,β-unsaturated/α-hetero) is 1. The van der Waals surface area contributed by atoms with Gasteiger partial charge in [0.2, 0.25) is 0 Å². The van der Waals surface area contributed by atoms with Crippen LogP contribution in [0, 0.1) is 0 Å². The smallest absolute Gasteiger partial charge is 0.163 e. The van der Waals surface area contributed by atoms with Crippen molar-refractivity contribution in [2.45, 2.75) is 31.6 Å². The maximum absolute atomic E-state index is 12.1. The highest BCUT2D eigenvalue weighted by atomic mass is 16.5. The first kappa shape index (κ1) is 20.1. The van der Waals surface area contributed by atoms with E-state index in [-0.39, 0.29) is 5.78 Å². The molecule has 6 nitrogen and oxygen atoms in total. The van der Waals surface area contributed by atoms with Crippen molar-refractivity contribution in [3.05, 3.63) is 59.7 Å². The van der Waals surface area contributed by atoms with E-state index in [2.05, 4.69) is 20.9 Å². The van der Waals surface area contributed by atoms with Crippen molar-refractivity contribution in [1.82, 2.24) is 19.9 Å². The van der Waals surface area contributed by atoms with E-state index in [0.717, 1.165) is 85.0 Å². The lowest BCUT2D eigenvalue weighted by atomic mass is 9.96. The molecule has 1 aliphatic carbocycles. The van der Waals surface area contributed by atoms with Crippen molar-refractivity contribution in [2.24, 2.45) is 0 Å². The second-order valence-corrected chi connectivity index (χ2v) is 8.49. The van der Waals surface area contributed by atoms with Crippen molar-refractivity contribution in [2.75, 3.05) is 33.4 Å². The van der Waals surface area contributed by atoms with Gasteiger partial charge in [-0.05, 0) is 56.1 Å². The van der Waals surface area contributed by atoms with Crippen LogP contribution in [0.3, 0.4) is 0 Å². The van der Waals surface area contributed by atoms with Gasteiger partial charge in [-0.1, -0.05) is 12.1 Å². The van der Waals surface area contributed by atoms with E-state index in [4.69, 9.17) is 9.72 Å². The van der Waals surface area contributed by atoms with Crippen molar-refractivity contribution < 1.29 is 9.53 Å². The van der Waals surface area contributed by atoms with Crippen LogP contribution >= 0.6 is 0 Å². The number of hydrogen-bond acceptors (Lipinski definition) is 5. The van der Waals surface area contributed by atoms with Crippen LogP contribution in [0.1, 0.15) is 46.9 Å². The number of benzene rings is 1. The minimum Gasteiger partial charge on any atom is -0.383 e. The quantitative estimate of drug-likeness (QED) is 0.655. The maximum Gasteiger partial charge on any atom is 0.163 e. The van der Waals surface area contributed by atoms with Gasteiger partial charge >= 0.3 is 0 Å². The number of nitrogens with one attached hydrogen (secondary N) is 1. The predicted molar refractivity (Wildman–Crippen MR) is 120 cm³/mol. The number of piperidine rings is 1. The monoisotopic (exact) mass is 416 g/mol. The summed E-state index contributed by atoms with van der Waals surface area (Å²) in [5.74, 6) is 1.73. The van der Waals surface area contributed by atoms with Crippen LogP contribution < -0.4 is 0 Å². The molecule has 31 heavy (non-hydrogen) atoms. The minimum absolute atomic E-state index is 0.249. The number of methoxy groups -OCH3 is 1. The van der Waals surface area contributed by atoms with Gasteiger partial charge in [0.1, 0.15) is 5.82 Å². The van der Waals surface area contributed by atoms with Gasteiger partial charge in [0.05, 0.1) is 18.0 Å². The topological polar surface area (TPSA) is 71.1 Å². The molecule has 1 fully saturated rings. The normalized spacial score (nSPS) is 17.3. The fraction of sp³-hybridized carbons (Fsp3) is 0.400. The molecular weight excluding hydrogens is 388 g/mol. The highest BCUT2D eigenvalue weighted by molar-refractivity contribution is 6.01. The maximum atomic E-state index is 12.1. The molecule has 6 heteroatoms. The summed E-state index contributed by atoms with van der Waals surface area (Å²) < 4.78 is 5.23. The summed E-state index contributed by atoms with van der Waals surface area (Å²) in [6.45, 7) is 3.90. The van der Waals surface area contributed by atoms with Crippen LogP contribution in [0.2, 0.25) is 0 Å². The molecule has 160 valence electrons. The second-order valence-electron chi connectivity index (χ2n) is 8.49. The minimum atomic E-state index is 0.249. The average Bonchev–Trinajstić information content (AvgIpc) is 3.43. The first-order valence-electron chi connectivity index (χ1n) is 11.1. The van der Waals surface area contributed by atoms with Crippen LogP contribution in [-0.2, 0) is 11.2 Å². The standard InChI is InChI=1S/C25H28N4O2/c1-31-15-14-29-12-8-18(9-13-29)25-27-23(17-6-10-26-11-7-17)24(28-25)20-2-4-21-19(16-20)3-5-22(21)30/h2,4,6-7,10-11,16,18H,3,5,8-9,12-15H2,1H3,(H,27,28). The number of aromatic nitrogens is 3. The Labute approximate surface area is 182 Å². The summed E-state index contributed by atoms with van der Waals surface area (Å²) in [5, 5.41) is 0. The molecule has 2 aliphatic rings. The molecule has 0 spiro atoms. The van der Waals surface area contributed by atoms with Crippen molar-refractivity contribution in [3.63, 3.8) is 0 Å². The zero-order valence-corrected chi connectivity index (χ0v) is 17.9. The van der Waals surface area contributed by atoms with E-state index >= 15 is 0 Å². The van der Waals surface area contributed by atoms with Crippen LogP contribution in [-0.4, -0.2) is 59.0 Å². The summed E-state index contributed by atoms with van der Waals surface area (Å²) >= 11 is 0. The van der Waals surface area contributed by atoms with Gasteiger partial charge in [0.15, 0.2) is 5.78 Å². The van der Waals surface area contributed by atoms with Crippen LogP contribution in [0.5, 0.6) is 0 Å². The van der Waals surface area contributed by atoms with E-state index in [1.54, 1.807) is 7.11 Å². The Morgan fingerprint density at radius 3 is 2.68 bits per heavy atom. The number of ketones is 1. The number of hydrogen-bond donors (Lipinski definition) is 1. The van der Waals surface area contributed by atoms with E-state index in [1.165, 1.54) is 0 Å². The fourth-order valence-corrected chi connectivity index (χ4v) is 4.77. The number of imidazole rings is 1. The third kappa shape index (κ3) is 4.05. The molecule has 2 aromatic heterocycles. The number of rotatable bonds is 6. The molecule has 5 rings (SSSR count). The molecule has 0 atom stereocenters. The Morgan fingerprint density at radius 1 is 1.10 bits per heavy atom. The van der Waals surface area contributed by atoms with Gasteiger partial charge in [-0.25, -0.2) is 4.98 Å². The zero-order valence-electron chi connectivity index (χ0n) is 17.9. The van der Waals surface area contributed by atoms with E-state index in [1.807, 2.05) is 36.7 Å². The van der Waals surface area contributed by atoms with Gasteiger partial charge in [-0.15, -0.1) is 0 Å². The average molecular weight is 417 g/mol. The molecule has 1 saturated heterocycles. The lowest BCUT2D eigenvalue weighted by Crippen LogP contribution is -2.35. The molecule has 0 saturated carbocycles. The van der Waals surface area contributed by atoms with Crippen LogP contribution in [0.25, 0.3) is 22.5 Å². The van der Waals surface area contributed by atoms with Crippen molar-refractivity contribution in [3.8, 4) is 22.5 Å². The third-order valence-corrected chi connectivity index (χ3v) is 6.58. The largest absolute Gasteiger partial charge is 0.383 e. The Bertz CT molecular complexity index is 1070. The lowest BCUT2D eigenvalue weighted by molar-refractivity contribution is 0.0994.